The van der Waals surface area contributed by atoms with Crippen LogP contribution in [0.4, 0.5) is 0 Å². The van der Waals surface area contributed by atoms with E-state index in [1.165, 1.54) is 0 Å². The van der Waals surface area contributed by atoms with E-state index in [1.807, 2.05) is 30.3 Å². The molecule has 0 saturated heterocycles. The fourth-order valence-corrected chi connectivity index (χ4v) is 1.15. The molecule has 3 nitrogen and oxygen atoms in total. The van der Waals surface area contributed by atoms with E-state index in [-0.39, 0.29) is 5.78 Å². The first-order valence-corrected chi connectivity index (χ1v) is 4.22. The minimum Gasteiger partial charge on any atom is -0.296 e. The lowest BCUT2D eigenvalue weighted by Crippen LogP contribution is -2.18. The van der Waals surface area contributed by atoms with Gasteiger partial charge in [-0.3, -0.25) is 9.63 Å². The van der Waals surface area contributed by atoms with Crippen LogP contribution in [0.2, 0.25) is 0 Å². The van der Waals surface area contributed by atoms with Crippen molar-refractivity contribution in [1.29, 1.82) is 0 Å². The van der Waals surface area contributed by atoms with E-state index in [9.17, 15) is 4.79 Å². The molecule has 0 aliphatic rings. The van der Waals surface area contributed by atoms with Gasteiger partial charge in [0.1, 0.15) is 0 Å². The van der Waals surface area contributed by atoms with Gasteiger partial charge in [-0.05, 0) is 5.56 Å². The molecule has 0 spiro atoms. The van der Waals surface area contributed by atoms with Gasteiger partial charge < -0.3 is 0 Å². The maximum Gasteiger partial charge on any atom is 0.167 e. The van der Waals surface area contributed by atoms with Crippen molar-refractivity contribution in [3.63, 3.8) is 0 Å². The van der Waals surface area contributed by atoms with Gasteiger partial charge in [-0.2, -0.15) is 0 Å². The summed E-state index contributed by atoms with van der Waals surface area (Å²) in [5.74, 6) is 5.05. The van der Waals surface area contributed by atoms with Crippen LogP contribution in [0.5, 0.6) is 0 Å². The van der Waals surface area contributed by atoms with Gasteiger partial charge >= 0.3 is 0 Å². The van der Waals surface area contributed by atoms with Crippen LogP contribution in [0.25, 0.3) is 0 Å². The molecule has 13 heavy (non-hydrogen) atoms. The molecule has 0 fully saturated rings. The van der Waals surface area contributed by atoms with Crippen LogP contribution in [-0.2, 0) is 9.63 Å². The van der Waals surface area contributed by atoms with Gasteiger partial charge in [0.15, 0.2) is 11.9 Å². The van der Waals surface area contributed by atoms with Gasteiger partial charge in [-0.25, -0.2) is 5.90 Å². The third-order valence-electron chi connectivity index (χ3n) is 1.88. The number of rotatable bonds is 4. The Bertz CT molecular complexity index is 272. The average Bonchev–Trinajstić information content (AvgIpc) is 2.20. The minimum absolute atomic E-state index is 0.00583. The van der Waals surface area contributed by atoms with Crippen LogP contribution in [0.15, 0.2) is 30.3 Å². The molecule has 1 aromatic carbocycles. The molecule has 0 aliphatic carbocycles. The molecule has 0 bridgehead atoms. The lowest BCUT2D eigenvalue weighted by Gasteiger charge is -2.11. The quantitative estimate of drug-likeness (QED) is 0.714. The summed E-state index contributed by atoms with van der Waals surface area (Å²) in [6.07, 6.45) is -0.192. The van der Waals surface area contributed by atoms with Gasteiger partial charge in [0.25, 0.3) is 0 Å². The summed E-state index contributed by atoms with van der Waals surface area (Å²) in [4.78, 5) is 16.0. The maximum absolute atomic E-state index is 11.3. The highest BCUT2D eigenvalue weighted by molar-refractivity contribution is 5.84. The Morgan fingerprint density at radius 1 is 1.46 bits per heavy atom. The maximum atomic E-state index is 11.3. The lowest BCUT2D eigenvalue weighted by molar-refractivity contribution is -0.131. The number of hydrogen-bond donors (Lipinski definition) is 1. The fraction of sp³-hybridized carbons (Fsp3) is 0.300. The second-order valence-electron chi connectivity index (χ2n) is 2.75. The highest BCUT2D eigenvalue weighted by Crippen LogP contribution is 2.17. The normalized spacial score (nSPS) is 12.5. The van der Waals surface area contributed by atoms with Gasteiger partial charge in [-0.15, -0.1) is 0 Å². The van der Waals surface area contributed by atoms with Gasteiger partial charge in [0, 0.05) is 6.42 Å². The second kappa shape index (κ2) is 4.74. The molecule has 0 aromatic heterocycles. The van der Waals surface area contributed by atoms with Crippen molar-refractivity contribution in [1.82, 2.24) is 0 Å². The van der Waals surface area contributed by atoms with E-state index in [4.69, 9.17) is 5.90 Å². The van der Waals surface area contributed by atoms with Crippen molar-refractivity contribution < 1.29 is 9.63 Å². The summed E-state index contributed by atoms with van der Waals surface area (Å²) in [7, 11) is 0. The number of ketones is 1. The molecule has 1 unspecified atom stereocenters. The topological polar surface area (TPSA) is 52.3 Å². The van der Waals surface area contributed by atoms with Crippen molar-refractivity contribution in [2.24, 2.45) is 5.90 Å². The van der Waals surface area contributed by atoms with E-state index < -0.39 is 6.10 Å². The van der Waals surface area contributed by atoms with Gasteiger partial charge in [0.2, 0.25) is 0 Å². The molecule has 1 aromatic rings. The number of carbonyl (C=O) groups is 1. The zero-order valence-electron chi connectivity index (χ0n) is 7.57. The van der Waals surface area contributed by atoms with E-state index >= 15 is 0 Å². The first kappa shape index (κ1) is 9.89. The minimum atomic E-state index is -0.619. The second-order valence-corrected chi connectivity index (χ2v) is 2.75. The molecular weight excluding hydrogens is 166 g/mol. The van der Waals surface area contributed by atoms with Crippen LogP contribution in [0, 0.1) is 0 Å². The number of benzene rings is 1. The van der Waals surface area contributed by atoms with Crippen molar-refractivity contribution >= 4 is 5.78 Å². The predicted molar refractivity (Wildman–Crippen MR) is 49.8 cm³/mol. The van der Waals surface area contributed by atoms with Crippen LogP contribution in [0.1, 0.15) is 25.0 Å². The smallest absolute Gasteiger partial charge is 0.167 e. The Morgan fingerprint density at radius 2 is 2.08 bits per heavy atom. The third kappa shape index (κ3) is 2.37. The molecule has 2 N–H and O–H groups in total. The van der Waals surface area contributed by atoms with Gasteiger partial charge in [-0.1, -0.05) is 37.3 Å². The SMILES string of the molecule is CCC(=O)C(ON)c1ccccc1. The fourth-order valence-electron chi connectivity index (χ4n) is 1.15. The van der Waals surface area contributed by atoms with Gasteiger partial charge in [0.05, 0.1) is 0 Å². The van der Waals surface area contributed by atoms with Crippen LogP contribution in [0.3, 0.4) is 0 Å². The lowest BCUT2D eigenvalue weighted by atomic mass is 10.0. The van der Waals surface area contributed by atoms with Crippen LogP contribution >= 0.6 is 0 Å². The Labute approximate surface area is 77.5 Å². The molecule has 0 aliphatic heterocycles. The van der Waals surface area contributed by atoms with E-state index in [0.29, 0.717) is 6.42 Å². The van der Waals surface area contributed by atoms with Crippen molar-refractivity contribution in [2.45, 2.75) is 19.4 Å². The Balaban J connectivity index is 2.85. The summed E-state index contributed by atoms with van der Waals surface area (Å²) in [6, 6.07) is 9.23. The van der Waals surface area contributed by atoms with E-state index in [0.717, 1.165) is 5.56 Å². The Morgan fingerprint density at radius 3 is 2.54 bits per heavy atom. The molecule has 3 heteroatoms. The molecule has 0 radical (unpaired) electrons. The Hall–Kier alpha value is -1.19. The number of hydrogen-bond acceptors (Lipinski definition) is 3. The monoisotopic (exact) mass is 179 g/mol. The summed E-state index contributed by atoms with van der Waals surface area (Å²) in [5.41, 5.74) is 0.803. The zero-order chi connectivity index (χ0) is 9.68. The molecule has 70 valence electrons. The van der Waals surface area contributed by atoms with Crippen LogP contribution < -0.4 is 5.90 Å². The predicted octanol–water partition coefficient (Wildman–Crippen LogP) is 1.60. The first-order valence-electron chi connectivity index (χ1n) is 4.22. The van der Waals surface area contributed by atoms with Crippen molar-refractivity contribution in [2.75, 3.05) is 0 Å². The number of nitrogens with two attached hydrogens (primary N) is 1. The third-order valence-corrected chi connectivity index (χ3v) is 1.88. The molecule has 1 atom stereocenters. The molecule has 0 saturated carbocycles. The van der Waals surface area contributed by atoms with Crippen molar-refractivity contribution in [3.8, 4) is 0 Å². The first-order chi connectivity index (χ1) is 6.29. The summed E-state index contributed by atoms with van der Waals surface area (Å²) < 4.78 is 0. The molecular formula is C10H13NO2. The van der Waals surface area contributed by atoms with Crippen LogP contribution in [-0.4, -0.2) is 5.78 Å². The largest absolute Gasteiger partial charge is 0.296 e. The summed E-state index contributed by atoms with van der Waals surface area (Å²) in [5, 5.41) is 0. The average molecular weight is 179 g/mol. The van der Waals surface area contributed by atoms with E-state index in [2.05, 4.69) is 4.84 Å². The highest BCUT2D eigenvalue weighted by atomic mass is 16.6. The zero-order valence-corrected chi connectivity index (χ0v) is 7.57. The molecule has 1 rings (SSSR count). The number of carbonyl (C=O) groups excluding carboxylic acids is 1. The molecule has 0 amide bonds. The Kier molecular flexibility index (Phi) is 3.61. The summed E-state index contributed by atoms with van der Waals surface area (Å²) >= 11 is 0. The summed E-state index contributed by atoms with van der Waals surface area (Å²) in [6.45, 7) is 1.79. The van der Waals surface area contributed by atoms with E-state index in [1.54, 1.807) is 6.92 Å². The molecule has 0 heterocycles. The highest BCUT2D eigenvalue weighted by Gasteiger charge is 2.17. The number of Topliss-reactive ketones (excluding diaryl/α,β-unsaturated/α-hetero) is 1. The standard InChI is InChI=1S/C10H13NO2/c1-2-9(12)10(13-11)8-6-4-3-5-7-8/h3-7,10H,2,11H2,1H3. The van der Waals surface area contributed by atoms with Crippen molar-refractivity contribution in [3.05, 3.63) is 35.9 Å².